The zero-order chi connectivity index (χ0) is 21.5. The fourth-order valence-corrected chi connectivity index (χ4v) is 6.23. The zero-order valence-electron chi connectivity index (χ0n) is 19.3. The summed E-state index contributed by atoms with van der Waals surface area (Å²) in [6.45, 7) is 11.2. The molecule has 2 aliphatic carbocycles. The fraction of sp³-hybridized carbons (Fsp3) is 0.536. The standard InChI is InChI=1S/C28H36O2/c1-6-20-10-7-8-11-24(20)30-26(29)28(5)17-9-16-27(4)23-14-12-21(19(2)3)18-22(23)13-15-25(27)28/h7-8,10-12,14,18-19,25H,6,9,13,15-17H2,1-5H3/t25-,27-,28-/m1/s1. The summed E-state index contributed by atoms with van der Waals surface area (Å²) in [7, 11) is 0. The Kier molecular flexibility index (Phi) is 5.55. The smallest absolute Gasteiger partial charge is 0.317 e. The molecule has 1 fully saturated rings. The highest BCUT2D eigenvalue weighted by Gasteiger charge is 2.55. The Morgan fingerprint density at radius 2 is 1.90 bits per heavy atom. The topological polar surface area (TPSA) is 26.3 Å². The van der Waals surface area contributed by atoms with Crippen LogP contribution >= 0.6 is 0 Å². The van der Waals surface area contributed by atoms with Crippen molar-refractivity contribution in [2.75, 3.05) is 0 Å². The first kappa shape index (κ1) is 21.2. The maximum atomic E-state index is 13.6. The van der Waals surface area contributed by atoms with Crippen molar-refractivity contribution in [1.82, 2.24) is 0 Å². The number of carbonyl (C=O) groups is 1. The van der Waals surface area contributed by atoms with Gasteiger partial charge in [-0.15, -0.1) is 0 Å². The Bertz CT molecular complexity index is 943. The minimum absolute atomic E-state index is 0.0402. The monoisotopic (exact) mass is 404 g/mol. The normalized spacial score (nSPS) is 28.0. The number of ether oxygens (including phenoxy) is 1. The highest BCUT2D eigenvalue weighted by molar-refractivity contribution is 5.80. The van der Waals surface area contributed by atoms with Crippen LogP contribution in [0.25, 0.3) is 0 Å². The van der Waals surface area contributed by atoms with Crippen molar-refractivity contribution in [3.63, 3.8) is 0 Å². The molecule has 4 rings (SSSR count). The molecule has 3 atom stereocenters. The first-order valence-corrected chi connectivity index (χ1v) is 11.7. The molecule has 0 aliphatic heterocycles. The quantitative estimate of drug-likeness (QED) is 0.405. The number of esters is 1. The van der Waals surface area contributed by atoms with Crippen LogP contribution in [-0.4, -0.2) is 5.97 Å². The number of para-hydroxylation sites is 1. The molecule has 0 heterocycles. The van der Waals surface area contributed by atoms with Gasteiger partial charge in [-0.2, -0.15) is 0 Å². The lowest BCUT2D eigenvalue weighted by Gasteiger charge is -2.54. The second-order valence-corrected chi connectivity index (χ2v) is 10.2. The lowest BCUT2D eigenvalue weighted by atomic mass is 9.49. The average molecular weight is 405 g/mol. The Morgan fingerprint density at radius 3 is 2.63 bits per heavy atom. The molecule has 2 aromatic rings. The van der Waals surface area contributed by atoms with Crippen molar-refractivity contribution in [1.29, 1.82) is 0 Å². The molecule has 2 heteroatoms. The molecule has 0 bridgehead atoms. The van der Waals surface area contributed by atoms with Crippen molar-refractivity contribution < 1.29 is 9.53 Å². The van der Waals surface area contributed by atoms with Gasteiger partial charge in [-0.3, -0.25) is 4.79 Å². The summed E-state index contributed by atoms with van der Waals surface area (Å²) in [5.74, 6) is 1.56. The van der Waals surface area contributed by atoms with Gasteiger partial charge in [0.15, 0.2) is 0 Å². The number of hydrogen-bond donors (Lipinski definition) is 0. The molecule has 2 aliphatic rings. The van der Waals surface area contributed by atoms with E-state index in [1.807, 2.05) is 18.2 Å². The molecule has 0 aromatic heterocycles. The van der Waals surface area contributed by atoms with E-state index in [2.05, 4.69) is 58.9 Å². The summed E-state index contributed by atoms with van der Waals surface area (Å²) in [4.78, 5) is 13.6. The van der Waals surface area contributed by atoms with E-state index < -0.39 is 5.41 Å². The second-order valence-electron chi connectivity index (χ2n) is 10.2. The molecular weight excluding hydrogens is 368 g/mol. The summed E-state index contributed by atoms with van der Waals surface area (Å²) >= 11 is 0. The van der Waals surface area contributed by atoms with E-state index in [4.69, 9.17) is 4.74 Å². The highest BCUT2D eigenvalue weighted by Crippen LogP contribution is 2.57. The first-order chi connectivity index (χ1) is 14.3. The predicted molar refractivity (Wildman–Crippen MR) is 123 cm³/mol. The van der Waals surface area contributed by atoms with Gasteiger partial charge < -0.3 is 4.74 Å². The summed E-state index contributed by atoms with van der Waals surface area (Å²) in [5.41, 5.74) is 5.08. The molecule has 1 saturated carbocycles. The summed E-state index contributed by atoms with van der Waals surface area (Å²) in [6, 6.07) is 15.0. The number of aryl methyl sites for hydroxylation is 2. The lowest BCUT2D eigenvalue weighted by Crippen LogP contribution is -2.53. The molecular formula is C28H36O2. The van der Waals surface area contributed by atoms with Gasteiger partial charge in [0.1, 0.15) is 5.75 Å². The minimum atomic E-state index is -0.442. The maximum absolute atomic E-state index is 13.6. The SMILES string of the molecule is CCc1ccccc1OC(=O)[C@]1(C)CCC[C@]2(C)c3ccc(C(C)C)cc3CC[C@@H]12. The zero-order valence-corrected chi connectivity index (χ0v) is 19.3. The van der Waals surface area contributed by atoms with E-state index in [0.717, 1.165) is 49.8 Å². The Hall–Kier alpha value is -2.09. The van der Waals surface area contributed by atoms with Crippen LogP contribution in [0.15, 0.2) is 42.5 Å². The van der Waals surface area contributed by atoms with Crippen LogP contribution in [0.5, 0.6) is 5.75 Å². The van der Waals surface area contributed by atoms with Crippen LogP contribution in [0.2, 0.25) is 0 Å². The molecule has 0 spiro atoms. The van der Waals surface area contributed by atoms with Crippen molar-refractivity contribution in [3.8, 4) is 5.75 Å². The van der Waals surface area contributed by atoms with Crippen LogP contribution < -0.4 is 4.74 Å². The molecule has 30 heavy (non-hydrogen) atoms. The molecule has 0 saturated heterocycles. The molecule has 0 N–H and O–H groups in total. The first-order valence-electron chi connectivity index (χ1n) is 11.7. The third-order valence-corrected chi connectivity index (χ3v) is 8.07. The van der Waals surface area contributed by atoms with Gasteiger partial charge in [0.25, 0.3) is 0 Å². The van der Waals surface area contributed by atoms with Crippen molar-refractivity contribution in [3.05, 3.63) is 64.7 Å². The van der Waals surface area contributed by atoms with Gasteiger partial charge in [0.05, 0.1) is 5.41 Å². The number of carbonyl (C=O) groups excluding carboxylic acids is 1. The molecule has 160 valence electrons. The Morgan fingerprint density at radius 1 is 1.13 bits per heavy atom. The number of benzene rings is 2. The second kappa shape index (κ2) is 7.87. The molecule has 2 nitrogen and oxygen atoms in total. The van der Waals surface area contributed by atoms with Crippen molar-refractivity contribution >= 4 is 5.97 Å². The average Bonchev–Trinajstić information content (AvgIpc) is 2.73. The largest absolute Gasteiger partial charge is 0.426 e. The van der Waals surface area contributed by atoms with Gasteiger partial charge in [0, 0.05) is 0 Å². The van der Waals surface area contributed by atoms with Crippen LogP contribution in [0, 0.1) is 11.3 Å². The van der Waals surface area contributed by atoms with Gasteiger partial charge >= 0.3 is 5.97 Å². The van der Waals surface area contributed by atoms with E-state index in [-0.39, 0.29) is 11.4 Å². The number of hydrogen-bond acceptors (Lipinski definition) is 2. The molecule has 0 unspecified atom stereocenters. The minimum Gasteiger partial charge on any atom is -0.426 e. The summed E-state index contributed by atoms with van der Waals surface area (Å²) in [5, 5.41) is 0. The van der Waals surface area contributed by atoms with Crippen LogP contribution in [0.3, 0.4) is 0 Å². The maximum Gasteiger partial charge on any atom is 0.317 e. The van der Waals surface area contributed by atoms with Gasteiger partial charge in [0.2, 0.25) is 0 Å². The van der Waals surface area contributed by atoms with Crippen molar-refractivity contribution in [2.24, 2.45) is 11.3 Å². The third-order valence-electron chi connectivity index (χ3n) is 8.07. The van der Waals surface area contributed by atoms with E-state index in [1.54, 1.807) is 0 Å². The van der Waals surface area contributed by atoms with Gasteiger partial charge in [-0.25, -0.2) is 0 Å². The van der Waals surface area contributed by atoms with Crippen LogP contribution in [0.4, 0.5) is 0 Å². The van der Waals surface area contributed by atoms with E-state index in [9.17, 15) is 4.79 Å². The summed E-state index contributed by atoms with van der Waals surface area (Å²) in [6.07, 6.45) is 6.13. The van der Waals surface area contributed by atoms with Gasteiger partial charge in [-0.1, -0.05) is 70.5 Å². The molecule has 0 amide bonds. The lowest BCUT2D eigenvalue weighted by molar-refractivity contribution is -0.154. The van der Waals surface area contributed by atoms with Crippen LogP contribution in [-0.2, 0) is 23.1 Å². The third kappa shape index (κ3) is 3.39. The van der Waals surface area contributed by atoms with Crippen LogP contribution in [0.1, 0.15) is 88.5 Å². The molecule has 0 radical (unpaired) electrons. The number of fused-ring (bicyclic) bond motifs is 3. The summed E-state index contributed by atoms with van der Waals surface area (Å²) < 4.78 is 6.07. The fourth-order valence-electron chi connectivity index (χ4n) is 6.23. The Balaban J connectivity index is 1.67. The van der Waals surface area contributed by atoms with E-state index in [1.165, 1.54) is 16.7 Å². The van der Waals surface area contributed by atoms with Gasteiger partial charge in [-0.05, 0) is 84.6 Å². The van der Waals surface area contributed by atoms with E-state index in [0.29, 0.717) is 11.8 Å². The van der Waals surface area contributed by atoms with E-state index >= 15 is 0 Å². The molecule has 2 aromatic carbocycles. The Labute approximate surface area is 182 Å². The van der Waals surface area contributed by atoms with Crippen molar-refractivity contribution in [2.45, 2.75) is 84.5 Å². The predicted octanol–water partition coefficient (Wildman–Crippen LogP) is 6.99. The number of rotatable bonds is 4. The highest BCUT2D eigenvalue weighted by atomic mass is 16.5.